The van der Waals surface area contributed by atoms with E-state index in [1.165, 1.54) is 0 Å². The lowest BCUT2D eigenvalue weighted by Gasteiger charge is -2.42. The Morgan fingerprint density at radius 1 is 1.10 bits per heavy atom. The standard InChI is InChI=1S/C23H28N4O3/c28-22-18(15-25-8-3-10-30-11-9-25)5-6-21-19-12-17(14-27(21)22)13-26(16-19)23(29)20-4-1-2-7-24-20/h1-2,4-7,17,19H,3,8-16H2/t17-,19+/m0/s1. The van der Waals surface area contributed by atoms with Crippen LogP contribution in [0.4, 0.5) is 0 Å². The lowest BCUT2D eigenvalue weighted by molar-refractivity contribution is 0.0588. The van der Waals surface area contributed by atoms with Crippen molar-refractivity contribution in [2.24, 2.45) is 5.92 Å². The van der Waals surface area contributed by atoms with Crippen molar-refractivity contribution in [3.63, 3.8) is 0 Å². The topological polar surface area (TPSA) is 67.7 Å². The molecule has 5 heterocycles. The highest BCUT2D eigenvalue weighted by Crippen LogP contribution is 2.35. The molecule has 2 bridgehead atoms. The van der Waals surface area contributed by atoms with Gasteiger partial charge in [-0.15, -0.1) is 0 Å². The Bertz CT molecular complexity index is 966. The third-order valence-electron chi connectivity index (χ3n) is 6.56. The number of likely N-dealkylation sites (tertiary alicyclic amines) is 1. The molecule has 30 heavy (non-hydrogen) atoms. The molecule has 0 saturated carbocycles. The van der Waals surface area contributed by atoms with Crippen molar-refractivity contribution in [3.05, 3.63) is 63.8 Å². The smallest absolute Gasteiger partial charge is 0.272 e. The minimum absolute atomic E-state index is 0.0129. The summed E-state index contributed by atoms with van der Waals surface area (Å²) in [5.41, 5.74) is 2.56. The first-order valence-corrected chi connectivity index (χ1v) is 10.9. The van der Waals surface area contributed by atoms with Gasteiger partial charge in [0, 0.05) is 69.2 Å². The average Bonchev–Trinajstić information content (AvgIpc) is 3.05. The molecule has 0 aliphatic carbocycles. The van der Waals surface area contributed by atoms with E-state index in [1.807, 2.05) is 27.7 Å². The molecule has 2 aromatic heterocycles. The number of carbonyl (C=O) groups excluding carboxylic acids is 1. The summed E-state index contributed by atoms with van der Waals surface area (Å²) >= 11 is 0. The normalized spacial score (nSPS) is 24.2. The Balaban J connectivity index is 1.36. The zero-order chi connectivity index (χ0) is 20.5. The summed E-state index contributed by atoms with van der Waals surface area (Å²) in [5, 5.41) is 0. The molecular formula is C23H28N4O3. The molecule has 2 saturated heterocycles. The highest BCUT2D eigenvalue weighted by molar-refractivity contribution is 5.92. The zero-order valence-corrected chi connectivity index (χ0v) is 17.2. The fourth-order valence-electron chi connectivity index (χ4n) is 5.13. The maximum Gasteiger partial charge on any atom is 0.272 e. The average molecular weight is 409 g/mol. The van der Waals surface area contributed by atoms with E-state index < -0.39 is 0 Å². The Kier molecular flexibility index (Phi) is 5.39. The van der Waals surface area contributed by atoms with Gasteiger partial charge in [0.05, 0.1) is 6.61 Å². The van der Waals surface area contributed by atoms with Crippen LogP contribution in [-0.4, -0.2) is 64.7 Å². The first kappa shape index (κ1) is 19.5. The molecule has 2 fully saturated rings. The molecule has 2 aromatic rings. The molecule has 0 aromatic carbocycles. The summed E-state index contributed by atoms with van der Waals surface area (Å²) in [6, 6.07) is 9.55. The van der Waals surface area contributed by atoms with Gasteiger partial charge in [-0.2, -0.15) is 0 Å². The zero-order valence-electron chi connectivity index (χ0n) is 17.2. The number of amides is 1. The van der Waals surface area contributed by atoms with Gasteiger partial charge in [-0.05, 0) is 37.0 Å². The van der Waals surface area contributed by atoms with Gasteiger partial charge < -0.3 is 14.2 Å². The molecule has 2 atom stereocenters. The Labute approximate surface area is 176 Å². The molecule has 0 unspecified atom stereocenters. The van der Waals surface area contributed by atoms with Crippen LogP contribution in [0.1, 0.15) is 40.5 Å². The minimum Gasteiger partial charge on any atom is -0.380 e. The number of pyridine rings is 2. The molecule has 0 spiro atoms. The quantitative estimate of drug-likeness (QED) is 0.774. The molecule has 0 N–H and O–H groups in total. The number of rotatable bonds is 3. The predicted molar refractivity (Wildman–Crippen MR) is 112 cm³/mol. The van der Waals surface area contributed by atoms with E-state index in [0.29, 0.717) is 37.8 Å². The third-order valence-corrected chi connectivity index (χ3v) is 6.56. The Morgan fingerprint density at radius 2 is 2.03 bits per heavy atom. The summed E-state index contributed by atoms with van der Waals surface area (Å²) in [6.45, 7) is 6.08. The molecule has 0 radical (unpaired) electrons. The summed E-state index contributed by atoms with van der Waals surface area (Å²) in [7, 11) is 0. The van der Waals surface area contributed by atoms with Crippen molar-refractivity contribution < 1.29 is 9.53 Å². The van der Waals surface area contributed by atoms with Crippen LogP contribution in [0, 0.1) is 5.92 Å². The fourth-order valence-corrected chi connectivity index (χ4v) is 5.13. The van der Waals surface area contributed by atoms with Gasteiger partial charge in [0.2, 0.25) is 0 Å². The van der Waals surface area contributed by atoms with Crippen LogP contribution in [0.3, 0.4) is 0 Å². The van der Waals surface area contributed by atoms with Gasteiger partial charge in [0.15, 0.2) is 0 Å². The Hall–Kier alpha value is -2.51. The molecule has 3 aliphatic rings. The second kappa shape index (κ2) is 8.32. The van der Waals surface area contributed by atoms with Gasteiger partial charge in [0.1, 0.15) is 5.69 Å². The predicted octanol–water partition coefficient (Wildman–Crippen LogP) is 1.73. The highest BCUT2D eigenvalue weighted by Gasteiger charge is 2.37. The van der Waals surface area contributed by atoms with Crippen molar-refractivity contribution in [2.45, 2.75) is 31.8 Å². The van der Waals surface area contributed by atoms with Crippen molar-refractivity contribution in [3.8, 4) is 0 Å². The van der Waals surface area contributed by atoms with Crippen LogP contribution >= 0.6 is 0 Å². The first-order chi connectivity index (χ1) is 14.7. The Morgan fingerprint density at radius 3 is 2.90 bits per heavy atom. The number of fused-ring (bicyclic) bond motifs is 4. The minimum atomic E-state index is -0.0129. The highest BCUT2D eigenvalue weighted by atomic mass is 16.5. The van der Waals surface area contributed by atoms with Crippen LogP contribution < -0.4 is 5.56 Å². The molecule has 5 rings (SSSR count). The van der Waals surface area contributed by atoms with Crippen LogP contribution in [0.25, 0.3) is 0 Å². The van der Waals surface area contributed by atoms with E-state index in [-0.39, 0.29) is 17.4 Å². The fraction of sp³-hybridized carbons (Fsp3) is 0.522. The summed E-state index contributed by atoms with van der Waals surface area (Å²) in [5.74, 6) is 0.503. The van der Waals surface area contributed by atoms with Gasteiger partial charge in [-0.25, -0.2) is 0 Å². The van der Waals surface area contributed by atoms with Gasteiger partial charge in [-0.3, -0.25) is 19.5 Å². The van der Waals surface area contributed by atoms with E-state index in [4.69, 9.17) is 4.74 Å². The maximum absolute atomic E-state index is 13.3. The number of hydrogen-bond acceptors (Lipinski definition) is 5. The van der Waals surface area contributed by atoms with Gasteiger partial charge in [0.25, 0.3) is 11.5 Å². The molecule has 3 aliphatic heterocycles. The lowest BCUT2D eigenvalue weighted by atomic mass is 9.83. The summed E-state index contributed by atoms with van der Waals surface area (Å²) in [6.07, 6.45) is 3.70. The molecular weight excluding hydrogens is 380 g/mol. The van der Waals surface area contributed by atoms with E-state index in [0.717, 1.165) is 50.4 Å². The number of carbonyl (C=O) groups is 1. The maximum atomic E-state index is 13.3. The van der Waals surface area contributed by atoms with E-state index in [1.54, 1.807) is 12.3 Å². The van der Waals surface area contributed by atoms with Crippen LogP contribution in [0.5, 0.6) is 0 Å². The van der Waals surface area contributed by atoms with E-state index in [9.17, 15) is 9.59 Å². The largest absolute Gasteiger partial charge is 0.380 e. The summed E-state index contributed by atoms with van der Waals surface area (Å²) < 4.78 is 7.51. The summed E-state index contributed by atoms with van der Waals surface area (Å²) in [4.78, 5) is 34.6. The van der Waals surface area contributed by atoms with Crippen molar-refractivity contribution in [2.75, 3.05) is 39.4 Å². The van der Waals surface area contributed by atoms with Crippen LogP contribution in [0.15, 0.2) is 41.3 Å². The van der Waals surface area contributed by atoms with Crippen molar-refractivity contribution in [1.82, 2.24) is 19.4 Å². The number of hydrogen-bond donors (Lipinski definition) is 0. The van der Waals surface area contributed by atoms with Crippen LogP contribution in [0.2, 0.25) is 0 Å². The second-order valence-corrected chi connectivity index (χ2v) is 8.67. The molecule has 7 heteroatoms. The number of nitrogens with zero attached hydrogens (tertiary/aromatic N) is 4. The lowest BCUT2D eigenvalue weighted by Crippen LogP contribution is -2.49. The van der Waals surface area contributed by atoms with Crippen molar-refractivity contribution in [1.29, 1.82) is 0 Å². The number of ether oxygens (including phenoxy) is 1. The SMILES string of the molecule is O=C(c1ccccn1)N1C[C@@H]2C[C@H](C1)c1ccc(CN3CCCOCC3)c(=O)n1C2. The molecule has 1 amide bonds. The second-order valence-electron chi connectivity index (χ2n) is 8.67. The monoisotopic (exact) mass is 408 g/mol. The van der Waals surface area contributed by atoms with E-state index in [2.05, 4.69) is 16.0 Å². The molecule has 7 nitrogen and oxygen atoms in total. The van der Waals surface area contributed by atoms with Crippen LogP contribution in [-0.2, 0) is 17.8 Å². The first-order valence-electron chi connectivity index (χ1n) is 10.9. The number of aromatic nitrogens is 2. The van der Waals surface area contributed by atoms with E-state index >= 15 is 0 Å². The van der Waals surface area contributed by atoms with Gasteiger partial charge in [-0.1, -0.05) is 12.1 Å². The third kappa shape index (κ3) is 3.79. The van der Waals surface area contributed by atoms with Gasteiger partial charge >= 0.3 is 0 Å². The van der Waals surface area contributed by atoms with Crippen molar-refractivity contribution >= 4 is 5.91 Å². The number of piperidine rings is 1. The molecule has 158 valence electrons.